The van der Waals surface area contributed by atoms with Crippen LogP contribution < -0.4 is 5.32 Å². The third-order valence-electron chi connectivity index (χ3n) is 3.24. The van der Waals surface area contributed by atoms with Crippen LogP contribution in [0.1, 0.15) is 29.8 Å². The Kier molecular flexibility index (Phi) is 3.64. The van der Waals surface area contributed by atoms with Gasteiger partial charge in [0.1, 0.15) is 11.7 Å². The minimum absolute atomic E-state index is 0.0982. The normalized spacial score (nSPS) is 19.7. The SMILES string of the molecule is CNC(=O)C1CCCCN1C(=O)c1cn(C)cn1. The molecule has 1 atom stereocenters. The number of hydrogen-bond donors (Lipinski definition) is 1. The fraction of sp³-hybridized carbons (Fsp3) is 0.583. The summed E-state index contributed by atoms with van der Waals surface area (Å²) < 4.78 is 1.73. The summed E-state index contributed by atoms with van der Waals surface area (Å²) in [6, 6.07) is -0.363. The van der Waals surface area contributed by atoms with Crippen LogP contribution in [0, 0.1) is 0 Å². The Hall–Kier alpha value is -1.85. The predicted octanol–water partition coefficient (Wildman–Crippen LogP) is 0.161. The highest BCUT2D eigenvalue weighted by Gasteiger charge is 2.32. The molecule has 0 saturated carbocycles. The van der Waals surface area contributed by atoms with Crippen molar-refractivity contribution in [2.24, 2.45) is 7.05 Å². The van der Waals surface area contributed by atoms with E-state index in [9.17, 15) is 9.59 Å². The average molecular weight is 250 g/mol. The van der Waals surface area contributed by atoms with Crippen molar-refractivity contribution in [2.75, 3.05) is 13.6 Å². The molecule has 1 fully saturated rings. The van der Waals surface area contributed by atoms with Gasteiger partial charge >= 0.3 is 0 Å². The van der Waals surface area contributed by atoms with Crippen LogP contribution in [0.5, 0.6) is 0 Å². The van der Waals surface area contributed by atoms with Gasteiger partial charge in [-0.2, -0.15) is 0 Å². The quantitative estimate of drug-likeness (QED) is 0.813. The molecule has 1 aromatic rings. The summed E-state index contributed by atoms with van der Waals surface area (Å²) in [5, 5.41) is 2.62. The van der Waals surface area contributed by atoms with E-state index in [2.05, 4.69) is 10.3 Å². The third kappa shape index (κ3) is 2.37. The van der Waals surface area contributed by atoms with Gasteiger partial charge < -0.3 is 14.8 Å². The van der Waals surface area contributed by atoms with Crippen molar-refractivity contribution in [3.8, 4) is 0 Å². The zero-order valence-electron chi connectivity index (χ0n) is 10.7. The van der Waals surface area contributed by atoms with Gasteiger partial charge in [-0.05, 0) is 19.3 Å². The largest absolute Gasteiger partial charge is 0.357 e. The van der Waals surface area contributed by atoms with Crippen molar-refractivity contribution < 1.29 is 9.59 Å². The molecule has 1 saturated heterocycles. The van der Waals surface area contributed by atoms with Gasteiger partial charge in [-0.25, -0.2) is 4.98 Å². The zero-order chi connectivity index (χ0) is 13.1. The van der Waals surface area contributed by atoms with E-state index in [1.807, 2.05) is 7.05 Å². The number of amides is 2. The molecule has 0 spiro atoms. The minimum atomic E-state index is -0.363. The summed E-state index contributed by atoms with van der Waals surface area (Å²) in [4.78, 5) is 29.8. The third-order valence-corrected chi connectivity index (χ3v) is 3.24. The van der Waals surface area contributed by atoms with E-state index in [0.29, 0.717) is 12.2 Å². The van der Waals surface area contributed by atoms with Crippen molar-refractivity contribution in [3.63, 3.8) is 0 Å². The molecular weight excluding hydrogens is 232 g/mol. The number of likely N-dealkylation sites (N-methyl/N-ethyl adjacent to an activating group) is 1. The molecule has 6 heteroatoms. The first-order valence-electron chi connectivity index (χ1n) is 6.14. The number of aryl methyl sites for hydroxylation is 1. The molecule has 2 heterocycles. The van der Waals surface area contributed by atoms with Gasteiger partial charge in [-0.3, -0.25) is 9.59 Å². The molecule has 0 radical (unpaired) electrons. The van der Waals surface area contributed by atoms with Crippen LogP contribution in [0.3, 0.4) is 0 Å². The molecule has 2 rings (SSSR count). The van der Waals surface area contributed by atoms with Crippen LogP contribution in [0.25, 0.3) is 0 Å². The number of likely N-dealkylation sites (tertiary alicyclic amines) is 1. The Bertz CT molecular complexity index is 455. The van der Waals surface area contributed by atoms with Crippen molar-refractivity contribution in [2.45, 2.75) is 25.3 Å². The average Bonchev–Trinajstić information content (AvgIpc) is 2.83. The molecule has 1 N–H and O–H groups in total. The maximum atomic E-state index is 12.3. The van der Waals surface area contributed by atoms with Gasteiger partial charge in [-0.1, -0.05) is 0 Å². The predicted molar refractivity (Wildman–Crippen MR) is 66.0 cm³/mol. The molecular formula is C12H18N4O2. The van der Waals surface area contributed by atoms with E-state index in [1.54, 1.807) is 29.0 Å². The first kappa shape index (κ1) is 12.6. The summed E-state index contributed by atoms with van der Waals surface area (Å²) in [6.07, 6.45) is 5.90. The zero-order valence-corrected chi connectivity index (χ0v) is 10.7. The lowest BCUT2D eigenvalue weighted by Crippen LogP contribution is -2.51. The monoisotopic (exact) mass is 250 g/mol. The number of rotatable bonds is 2. The minimum Gasteiger partial charge on any atom is -0.357 e. The highest BCUT2D eigenvalue weighted by Crippen LogP contribution is 2.19. The number of nitrogens with one attached hydrogen (secondary N) is 1. The first-order valence-corrected chi connectivity index (χ1v) is 6.14. The Morgan fingerprint density at radius 1 is 1.44 bits per heavy atom. The summed E-state index contributed by atoms with van der Waals surface area (Å²) in [5.41, 5.74) is 0.397. The molecule has 2 amide bonds. The number of piperidine rings is 1. The molecule has 18 heavy (non-hydrogen) atoms. The highest BCUT2D eigenvalue weighted by atomic mass is 16.2. The van der Waals surface area contributed by atoms with E-state index in [4.69, 9.17) is 0 Å². The van der Waals surface area contributed by atoms with Crippen molar-refractivity contribution in [1.29, 1.82) is 0 Å². The summed E-state index contributed by atoms with van der Waals surface area (Å²) in [6.45, 7) is 0.619. The fourth-order valence-electron chi connectivity index (χ4n) is 2.28. The molecule has 1 aliphatic rings. The van der Waals surface area contributed by atoms with E-state index >= 15 is 0 Å². The molecule has 0 aromatic carbocycles. The van der Waals surface area contributed by atoms with Gasteiger partial charge in [-0.15, -0.1) is 0 Å². The molecule has 1 unspecified atom stereocenters. The second-order valence-corrected chi connectivity index (χ2v) is 4.55. The summed E-state index contributed by atoms with van der Waals surface area (Å²) >= 11 is 0. The lowest BCUT2D eigenvalue weighted by atomic mass is 10.0. The molecule has 0 aliphatic carbocycles. The lowest BCUT2D eigenvalue weighted by Gasteiger charge is -2.33. The Morgan fingerprint density at radius 3 is 2.83 bits per heavy atom. The van der Waals surface area contributed by atoms with Gasteiger partial charge in [0.25, 0.3) is 5.91 Å². The smallest absolute Gasteiger partial charge is 0.274 e. The first-order chi connectivity index (χ1) is 8.63. The van der Waals surface area contributed by atoms with Crippen molar-refractivity contribution >= 4 is 11.8 Å². The Balaban J connectivity index is 2.18. The number of hydrogen-bond acceptors (Lipinski definition) is 3. The number of aromatic nitrogens is 2. The van der Waals surface area contributed by atoms with Crippen LogP contribution in [-0.2, 0) is 11.8 Å². The highest BCUT2D eigenvalue weighted by molar-refractivity contribution is 5.96. The van der Waals surface area contributed by atoms with E-state index in [0.717, 1.165) is 19.3 Å². The van der Waals surface area contributed by atoms with Crippen LogP contribution in [0.4, 0.5) is 0 Å². The molecule has 1 aromatic heterocycles. The van der Waals surface area contributed by atoms with E-state index < -0.39 is 0 Å². The fourth-order valence-corrected chi connectivity index (χ4v) is 2.28. The van der Waals surface area contributed by atoms with Crippen LogP contribution >= 0.6 is 0 Å². The number of nitrogens with zero attached hydrogens (tertiary/aromatic N) is 3. The lowest BCUT2D eigenvalue weighted by molar-refractivity contribution is -0.126. The standard InChI is InChI=1S/C12H18N4O2/c1-13-11(17)10-5-3-4-6-16(10)12(18)9-7-15(2)8-14-9/h7-8,10H,3-6H2,1-2H3,(H,13,17). The number of carbonyl (C=O) groups is 2. The molecule has 0 bridgehead atoms. The maximum absolute atomic E-state index is 12.3. The number of imidazole rings is 1. The van der Waals surface area contributed by atoms with Crippen LogP contribution in [-0.4, -0.2) is 45.9 Å². The summed E-state index contributed by atoms with van der Waals surface area (Å²) in [5.74, 6) is -0.261. The molecule has 98 valence electrons. The second-order valence-electron chi connectivity index (χ2n) is 4.55. The molecule has 6 nitrogen and oxygen atoms in total. The Morgan fingerprint density at radius 2 is 2.22 bits per heavy atom. The van der Waals surface area contributed by atoms with Crippen LogP contribution in [0.2, 0.25) is 0 Å². The van der Waals surface area contributed by atoms with Gasteiger partial charge in [0.15, 0.2) is 0 Å². The van der Waals surface area contributed by atoms with Gasteiger partial charge in [0.05, 0.1) is 6.33 Å². The van der Waals surface area contributed by atoms with E-state index in [1.165, 1.54) is 0 Å². The molecule has 1 aliphatic heterocycles. The second kappa shape index (κ2) is 5.20. The van der Waals surface area contributed by atoms with Crippen molar-refractivity contribution in [1.82, 2.24) is 19.8 Å². The Labute approximate surface area is 106 Å². The van der Waals surface area contributed by atoms with Gasteiger partial charge in [0, 0.05) is 26.8 Å². The number of carbonyl (C=O) groups excluding carboxylic acids is 2. The van der Waals surface area contributed by atoms with Gasteiger partial charge in [0.2, 0.25) is 5.91 Å². The van der Waals surface area contributed by atoms with E-state index in [-0.39, 0.29) is 17.9 Å². The van der Waals surface area contributed by atoms with Crippen molar-refractivity contribution in [3.05, 3.63) is 18.2 Å². The summed E-state index contributed by atoms with van der Waals surface area (Å²) in [7, 11) is 3.41. The van der Waals surface area contributed by atoms with Crippen LogP contribution in [0.15, 0.2) is 12.5 Å². The maximum Gasteiger partial charge on any atom is 0.274 e. The topological polar surface area (TPSA) is 67.2 Å².